The number of likely N-dealkylation sites (N-methyl/N-ethyl adjacent to an activating group) is 1. The molecule has 1 heterocycles. The Morgan fingerprint density at radius 1 is 1.11 bits per heavy atom. The lowest BCUT2D eigenvalue weighted by Gasteiger charge is -2.13. The zero-order chi connectivity index (χ0) is 20.3. The van der Waals surface area contributed by atoms with E-state index in [1.165, 1.54) is 16.7 Å². The van der Waals surface area contributed by atoms with Gasteiger partial charge < -0.3 is 9.47 Å². The van der Waals surface area contributed by atoms with Crippen molar-refractivity contribution in [3.63, 3.8) is 0 Å². The molecule has 1 saturated heterocycles. The van der Waals surface area contributed by atoms with Gasteiger partial charge in [-0.2, -0.15) is 0 Å². The Kier molecular flexibility index (Phi) is 6.88. The molecule has 28 heavy (non-hydrogen) atoms. The molecule has 0 saturated carbocycles. The highest BCUT2D eigenvalue weighted by Gasteiger charge is 2.28. The second-order valence-corrected chi connectivity index (χ2v) is 8.41. The van der Waals surface area contributed by atoms with Crippen LogP contribution in [0.1, 0.15) is 18.1 Å². The van der Waals surface area contributed by atoms with Crippen LogP contribution >= 0.6 is 47.2 Å². The third kappa shape index (κ3) is 4.81. The molecule has 1 aliphatic heterocycles. The first-order chi connectivity index (χ1) is 13.4. The smallest absolute Gasteiger partial charge is 0.265 e. The summed E-state index contributed by atoms with van der Waals surface area (Å²) in [5.41, 5.74) is 1.73. The van der Waals surface area contributed by atoms with Crippen LogP contribution < -0.4 is 9.47 Å². The Morgan fingerprint density at radius 3 is 2.54 bits per heavy atom. The van der Waals surface area contributed by atoms with Crippen LogP contribution in [0.5, 0.6) is 11.5 Å². The van der Waals surface area contributed by atoms with Gasteiger partial charge in [-0.25, -0.2) is 0 Å². The van der Waals surface area contributed by atoms with Gasteiger partial charge in [0.2, 0.25) is 0 Å². The summed E-state index contributed by atoms with van der Waals surface area (Å²) in [6, 6.07) is 10.9. The quantitative estimate of drug-likeness (QED) is 0.407. The highest BCUT2D eigenvalue weighted by atomic mass is 35.5. The van der Waals surface area contributed by atoms with Crippen molar-refractivity contribution < 1.29 is 14.3 Å². The molecule has 1 fully saturated rings. The Labute approximate surface area is 183 Å². The minimum atomic E-state index is -0.104. The summed E-state index contributed by atoms with van der Waals surface area (Å²) in [6.07, 6.45) is 1.80. The molecule has 0 spiro atoms. The fourth-order valence-corrected chi connectivity index (χ4v) is 3.99. The van der Waals surface area contributed by atoms with Crippen molar-refractivity contribution in [3.8, 4) is 11.5 Å². The monoisotopic (exact) mass is 453 g/mol. The van der Waals surface area contributed by atoms with Crippen LogP contribution in [0.2, 0.25) is 10.0 Å². The first-order valence-corrected chi connectivity index (χ1v) is 10.4. The fourth-order valence-electron chi connectivity index (χ4n) is 2.49. The van der Waals surface area contributed by atoms with E-state index in [1.54, 1.807) is 25.3 Å². The number of halogens is 2. The van der Waals surface area contributed by atoms with Gasteiger partial charge in [0.25, 0.3) is 5.91 Å². The molecular formula is C20H17Cl2NO3S2. The minimum Gasteiger partial charge on any atom is -0.490 e. The largest absolute Gasteiger partial charge is 0.490 e. The number of rotatable bonds is 6. The molecule has 1 amide bonds. The lowest BCUT2D eigenvalue weighted by Crippen LogP contribution is -2.22. The summed E-state index contributed by atoms with van der Waals surface area (Å²) in [6.45, 7) is 2.71. The number of carbonyl (C=O) groups excluding carboxylic acids is 1. The lowest BCUT2D eigenvalue weighted by atomic mass is 10.1. The Bertz CT molecular complexity index is 962. The second-order valence-electron chi connectivity index (χ2n) is 5.92. The molecule has 146 valence electrons. The van der Waals surface area contributed by atoms with Gasteiger partial charge in [0, 0.05) is 7.05 Å². The summed E-state index contributed by atoms with van der Waals surface area (Å²) >= 11 is 18.4. The van der Waals surface area contributed by atoms with Crippen LogP contribution in [-0.2, 0) is 11.4 Å². The number of thioether (sulfide) groups is 1. The lowest BCUT2D eigenvalue weighted by molar-refractivity contribution is -0.121. The van der Waals surface area contributed by atoms with Crippen LogP contribution in [0.3, 0.4) is 0 Å². The molecule has 0 atom stereocenters. The van der Waals surface area contributed by atoms with Crippen molar-refractivity contribution in [2.45, 2.75) is 13.5 Å². The van der Waals surface area contributed by atoms with Crippen molar-refractivity contribution in [1.82, 2.24) is 4.90 Å². The van der Waals surface area contributed by atoms with Gasteiger partial charge in [0.05, 0.1) is 21.6 Å². The average molecular weight is 454 g/mol. The van der Waals surface area contributed by atoms with E-state index in [0.29, 0.717) is 44.0 Å². The highest BCUT2D eigenvalue weighted by molar-refractivity contribution is 8.26. The zero-order valence-electron chi connectivity index (χ0n) is 15.2. The molecule has 0 N–H and O–H groups in total. The summed E-state index contributed by atoms with van der Waals surface area (Å²) < 4.78 is 12.2. The molecule has 4 nitrogen and oxygen atoms in total. The van der Waals surface area contributed by atoms with E-state index in [1.807, 2.05) is 31.2 Å². The molecule has 3 rings (SSSR count). The molecule has 0 aliphatic carbocycles. The number of hydrogen-bond acceptors (Lipinski definition) is 5. The van der Waals surface area contributed by atoms with E-state index in [4.69, 9.17) is 44.9 Å². The maximum Gasteiger partial charge on any atom is 0.265 e. The number of ether oxygens (including phenoxy) is 2. The number of amides is 1. The molecular weight excluding hydrogens is 437 g/mol. The van der Waals surface area contributed by atoms with Gasteiger partial charge >= 0.3 is 0 Å². The second kappa shape index (κ2) is 9.18. The molecule has 2 aromatic rings. The number of hydrogen-bond donors (Lipinski definition) is 0. The zero-order valence-corrected chi connectivity index (χ0v) is 18.3. The summed E-state index contributed by atoms with van der Waals surface area (Å²) in [7, 11) is 1.67. The molecule has 0 bridgehead atoms. The fraction of sp³-hybridized carbons (Fsp3) is 0.200. The van der Waals surface area contributed by atoms with E-state index in [2.05, 4.69) is 0 Å². The Morgan fingerprint density at radius 2 is 1.89 bits per heavy atom. The van der Waals surface area contributed by atoms with E-state index in [-0.39, 0.29) is 5.91 Å². The van der Waals surface area contributed by atoms with Crippen LogP contribution in [0.15, 0.2) is 41.3 Å². The molecule has 0 radical (unpaired) electrons. The standard InChI is InChI=1S/C20H17Cl2NO3S2/c1-3-25-17-9-12(10-18-19(24)23(2)20(27)28-18)5-7-16(17)26-11-13-4-6-14(21)15(22)8-13/h4-10H,3,11H2,1-2H3. The predicted molar refractivity (Wildman–Crippen MR) is 119 cm³/mol. The van der Waals surface area contributed by atoms with Gasteiger partial charge in [0.15, 0.2) is 11.5 Å². The number of thiocarbonyl (C=S) groups is 1. The first kappa shape index (κ1) is 21.0. The van der Waals surface area contributed by atoms with Gasteiger partial charge in [0.1, 0.15) is 10.9 Å². The first-order valence-electron chi connectivity index (χ1n) is 8.44. The molecule has 2 aromatic carbocycles. The van der Waals surface area contributed by atoms with Crippen LogP contribution in [0.4, 0.5) is 0 Å². The normalized spacial score (nSPS) is 15.4. The molecule has 1 aliphatic rings. The van der Waals surface area contributed by atoms with Crippen LogP contribution in [-0.4, -0.2) is 28.8 Å². The maximum absolute atomic E-state index is 12.2. The molecule has 0 aromatic heterocycles. The van der Waals surface area contributed by atoms with Gasteiger partial charge in [-0.1, -0.05) is 59.3 Å². The van der Waals surface area contributed by atoms with Crippen molar-refractivity contribution in [2.75, 3.05) is 13.7 Å². The van der Waals surface area contributed by atoms with Crippen LogP contribution in [0, 0.1) is 0 Å². The highest BCUT2D eigenvalue weighted by Crippen LogP contribution is 2.34. The third-order valence-electron chi connectivity index (χ3n) is 3.93. The van der Waals surface area contributed by atoms with Gasteiger partial charge in [-0.15, -0.1) is 0 Å². The summed E-state index contributed by atoms with van der Waals surface area (Å²) in [4.78, 5) is 14.2. The number of nitrogens with zero attached hydrogens (tertiary/aromatic N) is 1. The van der Waals surface area contributed by atoms with E-state index < -0.39 is 0 Å². The average Bonchev–Trinajstić information content (AvgIpc) is 2.91. The molecule has 8 heteroatoms. The van der Waals surface area contributed by atoms with E-state index in [0.717, 1.165) is 11.1 Å². The maximum atomic E-state index is 12.2. The van der Waals surface area contributed by atoms with Crippen molar-refractivity contribution in [2.24, 2.45) is 0 Å². The van der Waals surface area contributed by atoms with E-state index >= 15 is 0 Å². The minimum absolute atomic E-state index is 0.104. The summed E-state index contributed by atoms with van der Waals surface area (Å²) in [5, 5.41) is 0.985. The Hall–Kier alpha value is -1.73. The number of carbonyl (C=O) groups is 1. The van der Waals surface area contributed by atoms with Crippen molar-refractivity contribution in [1.29, 1.82) is 0 Å². The predicted octanol–water partition coefficient (Wildman–Crippen LogP) is 5.80. The third-order valence-corrected chi connectivity index (χ3v) is 6.15. The van der Waals surface area contributed by atoms with Gasteiger partial charge in [-0.3, -0.25) is 9.69 Å². The SMILES string of the molecule is CCOc1cc(C=C2SC(=S)N(C)C2=O)ccc1OCc1ccc(Cl)c(Cl)c1. The number of benzene rings is 2. The van der Waals surface area contributed by atoms with Gasteiger partial charge in [-0.05, 0) is 48.4 Å². The topological polar surface area (TPSA) is 38.8 Å². The van der Waals surface area contributed by atoms with Crippen molar-refractivity contribution >= 4 is 63.5 Å². The Balaban J connectivity index is 1.80. The van der Waals surface area contributed by atoms with Crippen molar-refractivity contribution in [3.05, 3.63) is 62.5 Å². The van der Waals surface area contributed by atoms with Crippen LogP contribution in [0.25, 0.3) is 6.08 Å². The summed E-state index contributed by atoms with van der Waals surface area (Å²) in [5.74, 6) is 1.10. The molecule has 0 unspecified atom stereocenters. The van der Waals surface area contributed by atoms with E-state index in [9.17, 15) is 4.79 Å².